The molecule has 0 unspecified atom stereocenters. The van der Waals surface area contributed by atoms with E-state index in [4.69, 9.17) is 35.1 Å². The number of benzene rings is 2. The summed E-state index contributed by atoms with van der Waals surface area (Å²) >= 11 is 6.17. The molecule has 1 saturated heterocycles. The number of hydrogen-bond donors (Lipinski definition) is 1. The van der Waals surface area contributed by atoms with Crippen LogP contribution >= 0.6 is 11.6 Å². The third-order valence-corrected chi connectivity index (χ3v) is 8.33. The van der Waals surface area contributed by atoms with Gasteiger partial charge in [-0.3, -0.25) is 4.79 Å². The molecule has 40 heavy (non-hydrogen) atoms. The van der Waals surface area contributed by atoms with Gasteiger partial charge in [-0.25, -0.2) is 13.2 Å². The minimum atomic E-state index is -3.80. The summed E-state index contributed by atoms with van der Waals surface area (Å²) in [5, 5.41) is 6.50. The number of rotatable bonds is 10. The van der Waals surface area contributed by atoms with E-state index in [1.165, 1.54) is 41.7 Å². The summed E-state index contributed by atoms with van der Waals surface area (Å²) in [7, 11) is -2.37. The highest BCUT2D eigenvalue weighted by molar-refractivity contribution is 7.89. The predicted molar refractivity (Wildman–Crippen MR) is 143 cm³/mol. The van der Waals surface area contributed by atoms with Crippen molar-refractivity contribution >= 4 is 39.2 Å². The molecular formula is C26H28ClN3O9S. The number of sulfonamides is 1. The maximum Gasteiger partial charge on any atom is 0.338 e. The zero-order valence-electron chi connectivity index (χ0n) is 22.1. The fourth-order valence-corrected chi connectivity index (χ4v) is 5.47. The van der Waals surface area contributed by atoms with E-state index in [-0.39, 0.29) is 46.6 Å². The van der Waals surface area contributed by atoms with E-state index in [1.807, 2.05) is 0 Å². The first-order valence-electron chi connectivity index (χ1n) is 12.2. The van der Waals surface area contributed by atoms with Crippen molar-refractivity contribution in [1.82, 2.24) is 9.46 Å². The number of ether oxygens (including phenoxy) is 4. The number of carbonyl (C=O) groups is 2. The van der Waals surface area contributed by atoms with Gasteiger partial charge in [0.1, 0.15) is 12.4 Å². The Morgan fingerprint density at radius 3 is 2.52 bits per heavy atom. The number of morpholine rings is 1. The van der Waals surface area contributed by atoms with Gasteiger partial charge >= 0.3 is 5.97 Å². The van der Waals surface area contributed by atoms with Gasteiger partial charge in [-0.05, 0) is 50.2 Å². The predicted octanol–water partition coefficient (Wildman–Crippen LogP) is 3.35. The van der Waals surface area contributed by atoms with Crippen LogP contribution < -0.4 is 14.8 Å². The number of carbonyl (C=O) groups excluding carboxylic acids is 2. The van der Waals surface area contributed by atoms with Crippen LogP contribution in [0.5, 0.6) is 11.5 Å². The highest BCUT2D eigenvalue weighted by Crippen LogP contribution is 2.30. The van der Waals surface area contributed by atoms with Gasteiger partial charge < -0.3 is 28.8 Å². The van der Waals surface area contributed by atoms with Crippen LogP contribution in [-0.4, -0.2) is 69.8 Å². The van der Waals surface area contributed by atoms with E-state index in [2.05, 4.69) is 10.5 Å². The van der Waals surface area contributed by atoms with Crippen LogP contribution in [0, 0.1) is 13.8 Å². The van der Waals surface area contributed by atoms with E-state index in [0.717, 1.165) is 5.56 Å². The van der Waals surface area contributed by atoms with Crippen LogP contribution in [0.2, 0.25) is 5.02 Å². The molecule has 1 aliphatic rings. The van der Waals surface area contributed by atoms with Crippen LogP contribution in [0.4, 0.5) is 5.69 Å². The fourth-order valence-electron chi connectivity index (χ4n) is 3.87. The van der Waals surface area contributed by atoms with Gasteiger partial charge in [0.15, 0.2) is 18.1 Å². The summed E-state index contributed by atoms with van der Waals surface area (Å²) in [6.45, 7) is 4.19. The van der Waals surface area contributed by atoms with Crippen LogP contribution in [0.15, 0.2) is 45.8 Å². The summed E-state index contributed by atoms with van der Waals surface area (Å²) in [5.74, 6) is -0.168. The van der Waals surface area contributed by atoms with E-state index >= 15 is 0 Å². The number of amides is 1. The van der Waals surface area contributed by atoms with Gasteiger partial charge in [0.25, 0.3) is 5.91 Å². The number of esters is 1. The van der Waals surface area contributed by atoms with Crippen LogP contribution in [-0.2, 0) is 30.9 Å². The average Bonchev–Trinajstić information content (AvgIpc) is 3.28. The molecule has 2 aromatic carbocycles. The van der Waals surface area contributed by atoms with E-state index < -0.39 is 28.5 Å². The average molecular weight is 594 g/mol. The highest BCUT2D eigenvalue weighted by atomic mass is 35.5. The van der Waals surface area contributed by atoms with Crippen molar-refractivity contribution in [2.75, 3.05) is 45.3 Å². The largest absolute Gasteiger partial charge is 0.493 e. The summed E-state index contributed by atoms with van der Waals surface area (Å²) in [4.78, 5) is 25.1. The van der Waals surface area contributed by atoms with E-state index in [0.29, 0.717) is 30.4 Å². The number of halogens is 1. The number of nitrogens with one attached hydrogen (secondary N) is 1. The Morgan fingerprint density at radius 2 is 1.85 bits per heavy atom. The topological polar surface area (TPSA) is 146 Å². The van der Waals surface area contributed by atoms with Gasteiger partial charge in [-0.2, -0.15) is 4.31 Å². The van der Waals surface area contributed by atoms with Crippen molar-refractivity contribution in [3.63, 3.8) is 0 Å². The summed E-state index contributed by atoms with van der Waals surface area (Å²) < 4.78 is 53.8. The summed E-state index contributed by atoms with van der Waals surface area (Å²) in [6.07, 6.45) is 0. The maximum atomic E-state index is 12.9. The molecule has 1 amide bonds. The van der Waals surface area contributed by atoms with Crippen LogP contribution in [0.1, 0.15) is 27.4 Å². The van der Waals surface area contributed by atoms with Crippen molar-refractivity contribution < 1.29 is 41.5 Å². The van der Waals surface area contributed by atoms with E-state index in [9.17, 15) is 18.0 Å². The standard InChI is InChI=1S/C26H28ClN3O9S/c1-16-20(17(2)39-29-16)14-37-23-7-4-18(12-24(23)35-3)26(32)38-15-25(31)28-22-13-19(5-6-21(22)27)40(33,34)30-8-10-36-11-9-30/h4-7,12-13H,8-11,14-15H2,1-3H3,(H,28,31). The maximum absolute atomic E-state index is 12.9. The lowest BCUT2D eigenvalue weighted by atomic mass is 10.2. The number of methoxy groups -OCH3 is 1. The van der Waals surface area contributed by atoms with Crippen molar-refractivity contribution in [3.8, 4) is 11.5 Å². The van der Waals surface area contributed by atoms with Crippen molar-refractivity contribution in [1.29, 1.82) is 0 Å². The SMILES string of the molecule is COc1cc(C(=O)OCC(=O)Nc2cc(S(=O)(=O)N3CCOCC3)ccc2Cl)ccc1OCc1c(C)noc1C. The molecule has 4 rings (SSSR count). The lowest BCUT2D eigenvalue weighted by molar-refractivity contribution is -0.119. The molecular weight excluding hydrogens is 566 g/mol. The molecule has 0 atom stereocenters. The van der Waals surface area contributed by atoms with Crippen molar-refractivity contribution in [2.24, 2.45) is 0 Å². The molecule has 1 aromatic heterocycles. The van der Waals surface area contributed by atoms with Crippen LogP contribution in [0.25, 0.3) is 0 Å². The number of anilines is 1. The number of nitrogens with zero attached hydrogens (tertiary/aromatic N) is 2. The second-order valence-electron chi connectivity index (χ2n) is 8.74. The Hall–Kier alpha value is -3.65. The number of aryl methyl sites for hydroxylation is 2. The monoisotopic (exact) mass is 593 g/mol. The molecule has 12 nitrogen and oxygen atoms in total. The fraction of sp³-hybridized carbons (Fsp3) is 0.346. The molecule has 3 aromatic rings. The Balaban J connectivity index is 1.36. The van der Waals surface area contributed by atoms with Crippen molar-refractivity contribution in [2.45, 2.75) is 25.3 Å². The summed E-state index contributed by atoms with van der Waals surface area (Å²) in [6, 6.07) is 8.45. The second-order valence-corrected chi connectivity index (χ2v) is 11.1. The molecule has 14 heteroatoms. The molecule has 0 bridgehead atoms. The third-order valence-electron chi connectivity index (χ3n) is 6.11. The first-order chi connectivity index (χ1) is 19.1. The first-order valence-corrected chi connectivity index (χ1v) is 14.0. The van der Waals surface area contributed by atoms with Crippen LogP contribution in [0.3, 0.4) is 0 Å². The zero-order chi connectivity index (χ0) is 28.9. The molecule has 1 aliphatic heterocycles. The Kier molecular flexibility index (Phi) is 9.30. The lowest BCUT2D eigenvalue weighted by Crippen LogP contribution is -2.40. The molecule has 0 spiro atoms. The Morgan fingerprint density at radius 1 is 1.10 bits per heavy atom. The third kappa shape index (κ3) is 6.73. The van der Waals surface area contributed by atoms with Crippen molar-refractivity contribution in [3.05, 3.63) is 64.0 Å². The van der Waals surface area contributed by atoms with Gasteiger partial charge in [-0.15, -0.1) is 0 Å². The Bertz CT molecular complexity index is 1480. The quantitative estimate of drug-likeness (QED) is 0.347. The molecule has 214 valence electrons. The Labute approximate surface area is 236 Å². The minimum Gasteiger partial charge on any atom is -0.493 e. The first kappa shape index (κ1) is 29.3. The van der Waals surface area contributed by atoms with Gasteiger partial charge in [-0.1, -0.05) is 16.8 Å². The molecule has 1 N–H and O–H groups in total. The number of hydrogen-bond acceptors (Lipinski definition) is 10. The normalized spacial score (nSPS) is 14.0. The van der Waals surface area contributed by atoms with Gasteiger partial charge in [0.05, 0.1) is 52.7 Å². The van der Waals surface area contributed by atoms with Gasteiger partial charge in [0, 0.05) is 13.1 Å². The summed E-state index contributed by atoms with van der Waals surface area (Å²) in [5.41, 5.74) is 1.71. The second kappa shape index (κ2) is 12.7. The lowest BCUT2D eigenvalue weighted by Gasteiger charge is -2.26. The molecule has 0 radical (unpaired) electrons. The number of aromatic nitrogens is 1. The smallest absolute Gasteiger partial charge is 0.338 e. The molecule has 0 saturated carbocycles. The molecule has 2 heterocycles. The highest BCUT2D eigenvalue weighted by Gasteiger charge is 2.27. The molecule has 0 aliphatic carbocycles. The van der Waals surface area contributed by atoms with Gasteiger partial charge in [0.2, 0.25) is 10.0 Å². The van der Waals surface area contributed by atoms with E-state index in [1.54, 1.807) is 19.9 Å². The minimum absolute atomic E-state index is 0.0325. The molecule has 1 fully saturated rings. The zero-order valence-corrected chi connectivity index (χ0v) is 23.6.